The molecule has 51 heavy (non-hydrogen) atoms. The molecule has 0 saturated carbocycles. The highest BCUT2D eigenvalue weighted by Crippen LogP contribution is 2.30. The quantitative estimate of drug-likeness (QED) is 0.146. The zero-order valence-electron chi connectivity index (χ0n) is 27.2. The molecule has 1 fully saturated rings. The van der Waals surface area contributed by atoms with Crippen LogP contribution in [0.2, 0.25) is 10.2 Å². The van der Waals surface area contributed by atoms with Crippen molar-refractivity contribution < 1.29 is 28.6 Å². The summed E-state index contributed by atoms with van der Waals surface area (Å²) in [5, 5.41) is 17.8. The van der Waals surface area contributed by atoms with Crippen molar-refractivity contribution in [1.29, 1.82) is 0 Å². The molecule has 0 unspecified atom stereocenters. The molecule has 3 heterocycles. The molecule has 3 aromatic carbocycles. The van der Waals surface area contributed by atoms with Gasteiger partial charge in [0.15, 0.2) is 6.33 Å². The monoisotopic (exact) mass is 731 g/mol. The zero-order chi connectivity index (χ0) is 35.9. The largest absolute Gasteiger partial charge is 0.497 e. The molecule has 1 saturated heterocycles. The van der Waals surface area contributed by atoms with E-state index >= 15 is 0 Å². The predicted octanol–water partition coefficient (Wildman–Crippen LogP) is 5.10. The van der Waals surface area contributed by atoms with Crippen LogP contribution in [0, 0.1) is 0 Å². The number of benzene rings is 3. The number of aromatic nitrogens is 6. The molecule has 0 bridgehead atoms. The summed E-state index contributed by atoms with van der Waals surface area (Å²) in [5.74, 6) is 0.912. The molecular formula is C34H31Cl2N9O6. The van der Waals surface area contributed by atoms with Crippen molar-refractivity contribution in [1.82, 2.24) is 40.4 Å². The third kappa shape index (κ3) is 8.63. The number of imidazole rings is 1. The van der Waals surface area contributed by atoms with Crippen LogP contribution in [-0.2, 0) is 14.3 Å². The molecule has 1 aliphatic heterocycles. The molecule has 15 nitrogen and oxygen atoms in total. The SMILES string of the molecule is COC(=O)Nc1ccc(-c2nc([C@H](CC(=O)N3CC(Oc4ccc(OC)cc4)C3)NC(=O)/C=C/c3cc(Cl)ccc3-n3ncnn3)[nH]c2Cl)cc1. The molecule has 1 atom stereocenters. The topological polar surface area (TPSA) is 178 Å². The molecule has 2 aromatic heterocycles. The molecular weight excluding hydrogens is 701 g/mol. The van der Waals surface area contributed by atoms with E-state index in [1.165, 1.54) is 24.3 Å². The number of nitrogens with zero attached hydrogens (tertiary/aromatic N) is 6. The van der Waals surface area contributed by atoms with Crippen molar-refractivity contribution in [3.63, 3.8) is 0 Å². The average Bonchev–Trinajstić information content (AvgIpc) is 3.79. The van der Waals surface area contributed by atoms with E-state index in [0.29, 0.717) is 57.8 Å². The Balaban J connectivity index is 1.19. The summed E-state index contributed by atoms with van der Waals surface area (Å²) in [7, 11) is 2.86. The fourth-order valence-electron chi connectivity index (χ4n) is 5.19. The van der Waals surface area contributed by atoms with Crippen LogP contribution < -0.4 is 20.1 Å². The van der Waals surface area contributed by atoms with E-state index in [-0.39, 0.29) is 29.4 Å². The van der Waals surface area contributed by atoms with Crippen LogP contribution in [0.4, 0.5) is 10.5 Å². The summed E-state index contributed by atoms with van der Waals surface area (Å²) >= 11 is 12.8. The predicted molar refractivity (Wildman–Crippen MR) is 188 cm³/mol. The fraction of sp³-hybridized carbons (Fsp3) is 0.206. The first-order valence-corrected chi connectivity index (χ1v) is 16.3. The Morgan fingerprint density at radius 3 is 2.45 bits per heavy atom. The van der Waals surface area contributed by atoms with Crippen LogP contribution in [0.15, 0.2) is 79.1 Å². The lowest BCUT2D eigenvalue weighted by Crippen LogP contribution is -2.56. The number of carbonyl (C=O) groups is 3. The first-order chi connectivity index (χ1) is 24.7. The maximum Gasteiger partial charge on any atom is 0.411 e. The Morgan fingerprint density at radius 1 is 1.02 bits per heavy atom. The van der Waals surface area contributed by atoms with Gasteiger partial charge in [-0.15, -0.1) is 15.0 Å². The summed E-state index contributed by atoms with van der Waals surface area (Å²) in [6.07, 6.45) is 3.24. The molecule has 0 aliphatic carbocycles. The van der Waals surface area contributed by atoms with Gasteiger partial charge in [0.25, 0.3) is 0 Å². The molecule has 0 radical (unpaired) electrons. The standard InChI is InChI=1S/C34H31Cl2N9O6/c1-49-24-9-11-25(12-10-24)51-26-17-44(18-26)30(47)16-27(33-41-31(32(36)42-33)20-3-7-23(8-4-20)39-34(48)50-2)40-29(46)14-5-21-15-22(35)6-13-28(21)45-38-19-37-43-45/h3-15,19,26-27H,16-18H2,1-2H3,(H,39,48)(H,40,46)(H,41,42)/b14-5+/t27-/m0/s1. The van der Waals surface area contributed by atoms with Crippen molar-refractivity contribution in [2.24, 2.45) is 0 Å². The van der Waals surface area contributed by atoms with Gasteiger partial charge in [-0.05, 0) is 65.9 Å². The molecule has 17 heteroatoms. The number of carbonyl (C=O) groups excluding carboxylic acids is 3. The van der Waals surface area contributed by atoms with Gasteiger partial charge in [0.05, 0.1) is 45.5 Å². The van der Waals surface area contributed by atoms with Crippen molar-refractivity contribution in [3.05, 3.63) is 101 Å². The molecule has 3 amide bonds. The van der Waals surface area contributed by atoms with Crippen molar-refractivity contribution in [2.45, 2.75) is 18.6 Å². The maximum absolute atomic E-state index is 13.5. The number of hydrogen-bond donors (Lipinski definition) is 3. The van der Waals surface area contributed by atoms with Crippen molar-refractivity contribution >= 4 is 52.9 Å². The minimum Gasteiger partial charge on any atom is -0.497 e. The molecule has 6 rings (SSSR count). The van der Waals surface area contributed by atoms with Crippen LogP contribution >= 0.6 is 23.2 Å². The Kier molecular flexibility index (Phi) is 10.8. The summed E-state index contributed by atoms with van der Waals surface area (Å²) < 4.78 is 15.8. The van der Waals surface area contributed by atoms with E-state index < -0.39 is 18.0 Å². The van der Waals surface area contributed by atoms with Crippen LogP contribution in [0.3, 0.4) is 0 Å². The highest BCUT2D eigenvalue weighted by Gasteiger charge is 2.34. The second-order valence-corrected chi connectivity index (χ2v) is 12.0. The third-order valence-corrected chi connectivity index (χ3v) is 8.33. The number of amides is 3. The molecule has 262 valence electrons. The van der Waals surface area contributed by atoms with Gasteiger partial charge >= 0.3 is 6.09 Å². The molecule has 3 N–H and O–H groups in total. The van der Waals surface area contributed by atoms with Crippen molar-refractivity contribution in [3.8, 4) is 28.4 Å². The lowest BCUT2D eigenvalue weighted by atomic mass is 10.1. The normalized spacial score (nSPS) is 13.4. The van der Waals surface area contributed by atoms with Crippen molar-refractivity contribution in [2.75, 3.05) is 32.6 Å². The number of rotatable bonds is 12. The van der Waals surface area contributed by atoms with Gasteiger partial charge in [0.1, 0.15) is 34.3 Å². The number of hydrogen-bond acceptors (Lipinski definition) is 10. The Bertz CT molecular complexity index is 2030. The fourth-order valence-corrected chi connectivity index (χ4v) is 5.62. The second kappa shape index (κ2) is 15.7. The second-order valence-electron chi connectivity index (χ2n) is 11.2. The number of methoxy groups -OCH3 is 2. The number of H-pyrrole nitrogens is 1. The van der Waals surface area contributed by atoms with Gasteiger partial charge in [-0.2, -0.15) is 0 Å². The first-order valence-electron chi connectivity index (χ1n) is 15.5. The Labute approximate surface area is 301 Å². The van der Waals surface area contributed by atoms with E-state index in [1.807, 2.05) is 0 Å². The van der Waals surface area contributed by atoms with Crippen LogP contribution in [0.5, 0.6) is 11.5 Å². The first kappa shape index (κ1) is 34.9. The number of nitrogens with one attached hydrogen (secondary N) is 3. The van der Waals surface area contributed by atoms with Gasteiger partial charge in [0.2, 0.25) is 11.8 Å². The van der Waals surface area contributed by atoms with Crippen LogP contribution in [-0.4, -0.2) is 86.4 Å². The summed E-state index contributed by atoms with van der Waals surface area (Å²) in [6.45, 7) is 0.741. The highest BCUT2D eigenvalue weighted by atomic mass is 35.5. The molecule has 1 aliphatic rings. The smallest absolute Gasteiger partial charge is 0.411 e. The third-order valence-electron chi connectivity index (χ3n) is 7.82. The van der Waals surface area contributed by atoms with Gasteiger partial charge in [-0.25, -0.2) is 9.78 Å². The van der Waals surface area contributed by atoms with Gasteiger partial charge < -0.3 is 29.4 Å². The summed E-state index contributed by atoms with van der Waals surface area (Å²) in [6, 6.07) is 18.1. The Morgan fingerprint density at radius 2 is 1.76 bits per heavy atom. The van der Waals surface area contributed by atoms with E-state index in [4.69, 9.17) is 32.7 Å². The van der Waals surface area contributed by atoms with Crippen LogP contribution in [0.25, 0.3) is 23.0 Å². The lowest BCUT2D eigenvalue weighted by molar-refractivity contribution is -0.140. The Hall–Kier alpha value is -5.93. The average molecular weight is 733 g/mol. The molecule has 0 spiro atoms. The minimum atomic E-state index is -0.890. The number of halogens is 2. The molecule has 5 aromatic rings. The van der Waals surface area contributed by atoms with Gasteiger partial charge in [0, 0.05) is 27.9 Å². The lowest BCUT2D eigenvalue weighted by Gasteiger charge is -2.39. The minimum absolute atomic E-state index is 0.120. The van der Waals surface area contributed by atoms with E-state index in [0.717, 1.165) is 0 Å². The van der Waals surface area contributed by atoms with E-state index in [9.17, 15) is 14.4 Å². The van der Waals surface area contributed by atoms with E-state index in [1.54, 1.807) is 84.8 Å². The number of likely N-dealkylation sites (tertiary alicyclic amines) is 1. The van der Waals surface area contributed by atoms with Gasteiger partial charge in [-0.3, -0.25) is 14.9 Å². The number of anilines is 1. The van der Waals surface area contributed by atoms with Gasteiger partial charge in [-0.1, -0.05) is 35.3 Å². The number of aromatic amines is 1. The summed E-state index contributed by atoms with van der Waals surface area (Å²) in [4.78, 5) is 49.1. The highest BCUT2D eigenvalue weighted by molar-refractivity contribution is 6.32. The van der Waals surface area contributed by atoms with E-state index in [2.05, 4.69) is 40.7 Å². The number of tetrazole rings is 1. The summed E-state index contributed by atoms with van der Waals surface area (Å²) in [5.41, 5.74) is 2.63. The van der Waals surface area contributed by atoms with Crippen LogP contribution in [0.1, 0.15) is 23.9 Å². The zero-order valence-corrected chi connectivity index (χ0v) is 28.8. The number of ether oxygens (including phenoxy) is 3. The maximum atomic E-state index is 13.5.